The third kappa shape index (κ3) is 3.43. The minimum atomic E-state index is 0.252. The van der Waals surface area contributed by atoms with Crippen molar-refractivity contribution in [2.24, 2.45) is 0 Å². The van der Waals surface area contributed by atoms with Crippen LogP contribution >= 0.6 is 22.9 Å². The molecule has 0 amide bonds. The molecule has 2 aromatic rings. The quantitative estimate of drug-likeness (QED) is 0.757. The number of halogens is 1. The number of aryl methyl sites for hydroxylation is 2. The van der Waals surface area contributed by atoms with E-state index < -0.39 is 0 Å². The standard InChI is InChI=1S/C17H22ClNS/c1-4-10-19-16(15-11-12(3)17(18)20-15)14-9-7-6-8-13(14)5-2/h6-9,11,16,19H,4-5,10H2,1-3H3. The van der Waals surface area contributed by atoms with Crippen molar-refractivity contribution in [1.29, 1.82) is 0 Å². The van der Waals surface area contributed by atoms with Gasteiger partial charge in [-0.3, -0.25) is 0 Å². The summed E-state index contributed by atoms with van der Waals surface area (Å²) < 4.78 is 0.900. The van der Waals surface area contributed by atoms with Gasteiger partial charge in [-0.15, -0.1) is 11.3 Å². The molecule has 1 unspecified atom stereocenters. The van der Waals surface area contributed by atoms with Gasteiger partial charge in [0.1, 0.15) is 0 Å². The second kappa shape index (κ2) is 7.26. The van der Waals surface area contributed by atoms with Crippen LogP contribution in [0.25, 0.3) is 0 Å². The van der Waals surface area contributed by atoms with Gasteiger partial charge in [-0.1, -0.05) is 49.7 Å². The molecule has 0 spiro atoms. The number of thiophene rings is 1. The molecule has 1 N–H and O–H groups in total. The van der Waals surface area contributed by atoms with Crippen LogP contribution in [0.15, 0.2) is 30.3 Å². The first kappa shape index (κ1) is 15.6. The molecule has 0 aliphatic rings. The SMILES string of the molecule is CCCNC(c1cc(C)c(Cl)s1)c1ccccc1CC. The molecule has 3 heteroatoms. The number of hydrogen-bond donors (Lipinski definition) is 1. The van der Waals surface area contributed by atoms with E-state index in [4.69, 9.17) is 11.6 Å². The van der Waals surface area contributed by atoms with E-state index >= 15 is 0 Å². The Kier molecular flexibility index (Phi) is 5.64. The van der Waals surface area contributed by atoms with E-state index in [1.807, 2.05) is 0 Å². The lowest BCUT2D eigenvalue weighted by Gasteiger charge is -2.20. The van der Waals surface area contributed by atoms with Crippen LogP contribution in [0.3, 0.4) is 0 Å². The molecule has 0 aliphatic carbocycles. The maximum Gasteiger partial charge on any atom is 0.0961 e. The molecule has 0 fully saturated rings. The highest BCUT2D eigenvalue weighted by molar-refractivity contribution is 7.16. The van der Waals surface area contributed by atoms with Crippen LogP contribution in [-0.2, 0) is 6.42 Å². The lowest BCUT2D eigenvalue weighted by Crippen LogP contribution is -2.23. The predicted molar refractivity (Wildman–Crippen MR) is 90.0 cm³/mol. The largest absolute Gasteiger partial charge is 0.306 e. The van der Waals surface area contributed by atoms with Crippen LogP contribution in [0, 0.1) is 6.92 Å². The minimum Gasteiger partial charge on any atom is -0.306 e. The summed E-state index contributed by atoms with van der Waals surface area (Å²) in [6.07, 6.45) is 2.18. The summed E-state index contributed by atoms with van der Waals surface area (Å²) in [6, 6.07) is 11.2. The van der Waals surface area contributed by atoms with Crippen molar-refractivity contribution in [3.63, 3.8) is 0 Å². The fourth-order valence-corrected chi connectivity index (χ4v) is 3.73. The van der Waals surface area contributed by atoms with E-state index in [-0.39, 0.29) is 6.04 Å². The molecule has 108 valence electrons. The first-order valence-corrected chi connectivity index (χ1v) is 8.43. The lowest BCUT2D eigenvalue weighted by atomic mass is 9.97. The van der Waals surface area contributed by atoms with E-state index in [1.54, 1.807) is 11.3 Å². The molecule has 0 radical (unpaired) electrons. The smallest absolute Gasteiger partial charge is 0.0961 e. The van der Waals surface area contributed by atoms with E-state index in [1.165, 1.54) is 21.6 Å². The van der Waals surface area contributed by atoms with E-state index in [0.717, 1.165) is 23.7 Å². The topological polar surface area (TPSA) is 12.0 Å². The molecule has 0 saturated heterocycles. The Morgan fingerprint density at radius 1 is 1.25 bits per heavy atom. The zero-order valence-corrected chi connectivity index (χ0v) is 13.9. The number of hydrogen-bond acceptors (Lipinski definition) is 2. The van der Waals surface area contributed by atoms with Gasteiger partial charge in [-0.25, -0.2) is 0 Å². The molecule has 1 nitrogen and oxygen atoms in total. The third-order valence-corrected chi connectivity index (χ3v) is 5.13. The maximum atomic E-state index is 6.26. The summed E-state index contributed by atoms with van der Waals surface area (Å²) in [5.74, 6) is 0. The van der Waals surface area contributed by atoms with Crippen molar-refractivity contribution >= 4 is 22.9 Å². The number of rotatable bonds is 6. The van der Waals surface area contributed by atoms with Crippen LogP contribution in [-0.4, -0.2) is 6.54 Å². The van der Waals surface area contributed by atoms with Crippen LogP contribution in [0.2, 0.25) is 4.34 Å². The zero-order valence-electron chi connectivity index (χ0n) is 12.4. The van der Waals surface area contributed by atoms with Gasteiger partial charge in [0.05, 0.1) is 10.4 Å². The second-order valence-electron chi connectivity index (χ2n) is 5.04. The Hall–Kier alpha value is -0.830. The average molecular weight is 308 g/mol. The van der Waals surface area contributed by atoms with Gasteiger partial charge in [-0.05, 0) is 49.1 Å². The van der Waals surface area contributed by atoms with Gasteiger partial charge in [0.15, 0.2) is 0 Å². The summed E-state index contributed by atoms with van der Waals surface area (Å²) in [7, 11) is 0. The molecule has 1 aromatic carbocycles. The van der Waals surface area contributed by atoms with Crippen molar-refractivity contribution in [2.45, 2.75) is 39.7 Å². The summed E-state index contributed by atoms with van der Waals surface area (Å²) in [6.45, 7) is 7.49. The number of nitrogens with one attached hydrogen (secondary N) is 1. The van der Waals surface area contributed by atoms with Crippen LogP contribution in [0.1, 0.15) is 47.9 Å². The van der Waals surface area contributed by atoms with Crippen molar-refractivity contribution < 1.29 is 0 Å². The highest BCUT2D eigenvalue weighted by Crippen LogP contribution is 2.35. The number of benzene rings is 1. The molecule has 2 rings (SSSR count). The van der Waals surface area contributed by atoms with E-state index in [9.17, 15) is 0 Å². The second-order valence-corrected chi connectivity index (χ2v) is 6.73. The highest BCUT2D eigenvalue weighted by atomic mass is 35.5. The summed E-state index contributed by atoms with van der Waals surface area (Å²) in [5.41, 5.74) is 3.95. The van der Waals surface area contributed by atoms with Crippen molar-refractivity contribution in [1.82, 2.24) is 5.32 Å². The van der Waals surface area contributed by atoms with E-state index in [0.29, 0.717) is 0 Å². The van der Waals surface area contributed by atoms with Crippen LogP contribution in [0.4, 0.5) is 0 Å². The van der Waals surface area contributed by atoms with Gasteiger partial charge >= 0.3 is 0 Å². The van der Waals surface area contributed by atoms with Gasteiger partial charge in [0.2, 0.25) is 0 Å². The van der Waals surface area contributed by atoms with Crippen molar-refractivity contribution in [2.75, 3.05) is 6.54 Å². The van der Waals surface area contributed by atoms with Gasteiger partial charge in [0, 0.05) is 4.88 Å². The third-order valence-electron chi connectivity index (χ3n) is 3.51. The molecule has 1 heterocycles. The molecule has 20 heavy (non-hydrogen) atoms. The molecule has 1 atom stereocenters. The fraction of sp³-hybridized carbons (Fsp3) is 0.412. The van der Waals surface area contributed by atoms with Gasteiger partial charge in [-0.2, -0.15) is 0 Å². The Bertz CT molecular complexity index is 542. The molecular weight excluding hydrogens is 286 g/mol. The van der Waals surface area contributed by atoms with Gasteiger partial charge in [0.25, 0.3) is 0 Å². The first-order chi connectivity index (χ1) is 9.67. The first-order valence-electron chi connectivity index (χ1n) is 7.24. The molecule has 0 bridgehead atoms. The summed E-state index contributed by atoms with van der Waals surface area (Å²) in [5, 5.41) is 3.67. The van der Waals surface area contributed by atoms with Gasteiger partial charge < -0.3 is 5.32 Å². The minimum absolute atomic E-state index is 0.252. The van der Waals surface area contributed by atoms with E-state index in [2.05, 4.69) is 56.4 Å². The van der Waals surface area contributed by atoms with Crippen molar-refractivity contribution in [3.05, 3.63) is 56.2 Å². The molecule has 0 saturated carbocycles. The monoisotopic (exact) mass is 307 g/mol. The summed E-state index contributed by atoms with van der Waals surface area (Å²) >= 11 is 7.95. The van der Waals surface area contributed by atoms with Crippen LogP contribution in [0.5, 0.6) is 0 Å². The molecular formula is C17H22ClNS. The Balaban J connectivity index is 2.41. The maximum absolute atomic E-state index is 6.26. The molecule has 0 aliphatic heterocycles. The van der Waals surface area contributed by atoms with Crippen LogP contribution < -0.4 is 5.32 Å². The predicted octanol–water partition coefficient (Wildman–Crippen LogP) is 5.36. The normalized spacial score (nSPS) is 12.6. The Morgan fingerprint density at radius 2 is 2.00 bits per heavy atom. The average Bonchev–Trinajstić information content (AvgIpc) is 2.79. The lowest BCUT2D eigenvalue weighted by molar-refractivity contribution is 0.602. The Morgan fingerprint density at radius 3 is 2.60 bits per heavy atom. The highest BCUT2D eigenvalue weighted by Gasteiger charge is 2.19. The Labute approximate surface area is 131 Å². The molecule has 1 aromatic heterocycles. The zero-order chi connectivity index (χ0) is 14.5. The van der Waals surface area contributed by atoms with Crippen molar-refractivity contribution in [3.8, 4) is 0 Å². The summed E-state index contributed by atoms with van der Waals surface area (Å²) in [4.78, 5) is 1.31. The fourth-order valence-electron chi connectivity index (χ4n) is 2.42.